The number of benzene rings is 1. The molecule has 84 valence electrons. The van der Waals surface area contributed by atoms with Crippen LogP contribution in [0.4, 0.5) is 4.39 Å². The Labute approximate surface area is 91.8 Å². The van der Waals surface area contributed by atoms with Crippen LogP contribution in [-0.2, 0) is 0 Å². The third-order valence-electron chi connectivity index (χ3n) is 2.49. The van der Waals surface area contributed by atoms with Crippen LogP contribution in [0.5, 0.6) is 0 Å². The second kappa shape index (κ2) is 4.02. The molecule has 1 unspecified atom stereocenters. The molecule has 0 aliphatic carbocycles. The van der Waals surface area contributed by atoms with E-state index in [4.69, 9.17) is 5.73 Å². The van der Waals surface area contributed by atoms with Crippen LogP contribution < -0.4 is 5.73 Å². The molecule has 1 aromatic rings. The molecule has 0 aromatic heterocycles. The van der Waals surface area contributed by atoms with Crippen molar-refractivity contribution in [3.63, 3.8) is 0 Å². The molecule has 0 bridgehead atoms. The monoisotopic (exact) mass is 222 g/mol. The first-order chi connectivity index (χ1) is 7.65. The zero-order valence-corrected chi connectivity index (χ0v) is 8.52. The Morgan fingerprint density at radius 1 is 1.19 bits per heavy atom. The number of imide groups is 1. The van der Waals surface area contributed by atoms with Gasteiger partial charge in [-0.15, -0.1) is 0 Å². The zero-order chi connectivity index (χ0) is 11.7. The van der Waals surface area contributed by atoms with E-state index in [0.717, 1.165) is 4.90 Å². The Kier molecular flexibility index (Phi) is 2.70. The number of halogens is 1. The minimum absolute atomic E-state index is 0.0805. The van der Waals surface area contributed by atoms with Gasteiger partial charge in [-0.05, 0) is 12.1 Å². The Hall–Kier alpha value is -1.75. The van der Waals surface area contributed by atoms with Crippen molar-refractivity contribution in [2.24, 2.45) is 5.73 Å². The van der Waals surface area contributed by atoms with Crippen LogP contribution in [0.1, 0.15) is 20.7 Å². The lowest BCUT2D eigenvalue weighted by Gasteiger charge is -2.16. The predicted molar refractivity (Wildman–Crippen MR) is 55.8 cm³/mol. The molecule has 2 rings (SSSR count). The van der Waals surface area contributed by atoms with Crippen molar-refractivity contribution in [3.05, 3.63) is 35.4 Å². The average Bonchev–Trinajstić information content (AvgIpc) is 2.55. The van der Waals surface area contributed by atoms with E-state index < -0.39 is 24.5 Å². The van der Waals surface area contributed by atoms with Gasteiger partial charge in [-0.3, -0.25) is 14.5 Å². The lowest BCUT2D eigenvalue weighted by molar-refractivity contribution is 0.0641. The van der Waals surface area contributed by atoms with Crippen LogP contribution in [-0.4, -0.2) is 36.0 Å². The molecule has 5 heteroatoms. The van der Waals surface area contributed by atoms with Gasteiger partial charge in [-0.1, -0.05) is 12.1 Å². The minimum atomic E-state index is -0.817. The summed E-state index contributed by atoms with van der Waals surface area (Å²) in [5.41, 5.74) is 6.11. The first-order valence-corrected chi connectivity index (χ1v) is 4.92. The molecule has 0 spiro atoms. The van der Waals surface area contributed by atoms with E-state index in [-0.39, 0.29) is 6.54 Å². The summed E-state index contributed by atoms with van der Waals surface area (Å²) in [6.07, 6.45) is 0. The molecule has 0 fully saturated rings. The van der Waals surface area contributed by atoms with Crippen molar-refractivity contribution in [2.45, 2.75) is 6.04 Å². The molecule has 0 radical (unpaired) electrons. The van der Waals surface area contributed by atoms with Gasteiger partial charge in [0.2, 0.25) is 0 Å². The fourth-order valence-corrected chi connectivity index (χ4v) is 1.69. The number of nitrogens with two attached hydrogens (primary N) is 1. The first kappa shape index (κ1) is 10.8. The highest BCUT2D eigenvalue weighted by molar-refractivity contribution is 6.21. The molecule has 0 saturated heterocycles. The van der Waals surface area contributed by atoms with Crippen molar-refractivity contribution in [3.8, 4) is 0 Å². The van der Waals surface area contributed by atoms with E-state index >= 15 is 0 Å². The van der Waals surface area contributed by atoms with Crippen molar-refractivity contribution >= 4 is 11.8 Å². The second-order valence-corrected chi connectivity index (χ2v) is 3.68. The maximum atomic E-state index is 12.2. The van der Waals surface area contributed by atoms with Crippen molar-refractivity contribution < 1.29 is 14.0 Å². The van der Waals surface area contributed by atoms with Crippen LogP contribution in [0.15, 0.2) is 24.3 Å². The fraction of sp³-hybridized carbons (Fsp3) is 0.273. The van der Waals surface area contributed by atoms with E-state index in [1.165, 1.54) is 0 Å². The third-order valence-corrected chi connectivity index (χ3v) is 2.49. The number of carbonyl (C=O) groups excluding carboxylic acids is 2. The van der Waals surface area contributed by atoms with Gasteiger partial charge in [0.15, 0.2) is 0 Å². The maximum Gasteiger partial charge on any atom is 0.261 e. The van der Waals surface area contributed by atoms with Gasteiger partial charge >= 0.3 is 0 Å². The number of hydrogen-bond donors (Lipinski definition) is 1. The number of carbonyl (C=O) groups is 2. The average molecular weight is 222 g/mol. The van der Waals surface area contributed by atoms with E-state index in [1.54, 1.807) is 24.3 Å². The van der Waals surface area contributed by atoms with E-state index in [9.17, 15) is 14.0 Å². The van der Waals surface area contributed by atoms with Crippen molar-refractivity contribution in [1.29, 1.82) is 0 Å². The highest BCUT2D eigenvalue weighted by atomic mass is 19.1. The van der Waals surface area contributed by atoms with Gasteiger partial charge in [0, 0.05) is 6.54 Å². The molecule has 2 N–H and O–H groups in total. The summed E-state index contributed by atoms with van der Waals surface area (Å²) >= 11 is 0. The van der Waals surface area contributed by atoms with Gasteiger partial charge in [-0.2, -0.15) is 0 Å². The molecule has 4 nitrogen and oxygen atoms in total. The summed E-state index contributed by atoms with van der Waals surface area (Å²) in [6, 6.07) is 5.71. The number of fused-ring (bicyclic) bond motifs is 1. The van der Waals surface area contributed by atoms with Gasteiger partial charge in [-0.25, -0.2) is 4.39 Å². The minimum Gasteiger partial charge on any atom is -0.324 e. The second-order valence-electron chi connectivity index (χ2n) is 3.68. The summed E-state index contributed by atoms with van der Waals surface area (Å²) in [5.74, 6) is -0.797. The van der Waals surface area contributed by atoms with Gasteiger partial charge < -0.3 is 5.73 Å². The Balaban J connectivity index is 2.28. The SMILES string of the molecule is NC(CF)CN1C(=O)c2ccccc2C1=O. The summed E-state index contributed by atoms with van der Waals surface area (Å²) < 4.78 is 12.2. The fourth-order valence-electron chi connectivity index (χ4n) is 1.69. The highest BCUT2D eigenvalue weighted by Gasteiger charge is 2.35. The predicted octanol–water partition coefficient (Wildman–Crippen LogP) is 0.579. The Bertz CT molecular complexity index is 412. The smallest absolute Gasteiger partial charge is 0.261 e. The molecular weight excluding hydrogens is 211 g/mol. The number of amides is 2. The highest BCUT2D eigenvalue weighted by Crippen LogP contribution is 2.22. The molecule has 1 heterocycles. The van der Waals surface area contributed by atoms with E-state index in [0.29, 0.717) is 11.1 Å². The normalized spacial score (nSPS) is 16.5. The number of rotatable bonds is 3. The number of alkyl halides is 1. The molecule has 16 heavy (non-hydrogen) atoms. The molecule has 1 aromatic carbocycles. The van der Waals surface area contributed by atoms with Crippen LogP contribution in [0.25, 0.3) is 0 Å². The Morgan fingerprint density at radius 2 is 1.69 bits per heavy atom. The van der Waals surface area contributed by atoms with Crippen molar-refractivity contribution in [1.82, 2.24) is 4.90 Å². The summed E-state index contributed by atoms with van der Waals surface area (Å²) in [4.78, 5) is 24.6. The largest absolute Gasteiger partial charge is 0.324 e. The molecular formula is C11H11FN2O2. The standard InChI is InChI=1S/C11H11FN2O2/c12-5-7(13)6-14-10(15)8-3-1-2-4-9(8)11(14)16/h1-4,7H,5-6,13H2. The number of hydrogen-bond acceptors (Lipinski definition) is 3. The zero-order valence-electron chi connectivity index (χ0n) is 8.52. The topological polar surface area (TPSA) is 63.4 Å². The lowest BCUT2D eigenvalue weighted by atomic mass is 10.1. The molecule has 1 aliphatic heterocycles. The molecule has 0 saturated carbocycles. The summed E-state index contributed by atoms with van der Waals surface area (Å²) in [5, 5.41) is 0. The molecule has 2 amide bonds. The summed E-state index contributed by atoms with van der Waals surface area (Å²) in [7, 11) is 0. The lowest BCUT2D eigenvalue weighted by Crippen LogP contribution is -2.41. The third kappa shape index (κ3) is 1.59. The van der Waals surface area contributed by atoms with Crippen LogP contribution in [0, 0.1) is 0 Å². The first-order valence-electron chi connectivity index (χ1n) is 4.92. The van der Waals surface area contributed by atoms with Crippen LogP contribution in [0.2, 0.25) is 0 Å². The maximum absolute atomic E-state index is 12.2. The summed E-state index contributed by atoms with van der Waals surface area (Å²) in [6.45, 7) is -0.837. The van der Waals surface area contributed by atoms with E-state index in [1.807, 2.05) is 0 Å². The van der Waals surface area contributed by atoms with E-state index in [2.05, 4.69) is 0 Å². The van der Waals surface area contributed by atoms with Crippen LogP contribution >= 0.6 is 0 Å². The van der Waals surface area contributed by atoms with Crippen LogP contribution in [0.3, 0.4) is 0 Å². The molecule has 1 atom stereocenters. The van der Waals surface area contributed by atoms with Gasteiger partial charge in [0.25, 0.3) is 11.8 Å². The van der Waals surface area contributed by atoms with Gasteiger partial charge in [0.1, 0.15) is 6.67 Å². The van der Waals surface area contributed by atoms with Crippen molar-refractivity contribution in [2.75, 3.05) is 13.2 Å². The Morgan fingerprint density at radius 3 is 2.12 bits per heavy atom. The molecule has 1 aliphatic rings. The number of nitrogens with zero attached hydrogens (tertiary/aromatic N) is 1. The quantitative estimate of drug-likeness (QED) is 0.761. The van der Waals surface area contributed by atoms with Gasteiger partial charge in [0.05, 0.1) is 17.2 Å².